The van der Waals surface area contributed by atoms with Crippen LogP contribution in [0.2, 0.25) is 5.02 Å². The highest BCUT2D eigenvalue weighted by molar-refractivity contribution is 6.34. The number of rotatable bonds is 8. The number of hydrogen-bond acceptors (Lipinski definition) is 5. The van der Waals surface area contributed by atoms with Gasteiger partial charge < -0.3 is 16.4 Å². The van der Waals surface area contributed by atoms with Crippen molar-refractivity contribution in [2.45, 2.75) is 5.92 Å². The molecule has 2 aromatic heterocycles. The van der Waals surface area contributed by atoms with Crippen LogP contribution in [0.3, 0.4) is 0 Å². The molecular weight excluding hydrogens is 528 g/mol. The van der Waals surface area contributed by atoms with E-state index >= 15 is 0 Å². The second kappa shape index (κ2) is 11.0. The number of aromatic nitrogens is 3. The lowest BCUT2D eigenvalue weighted by atomic mass is 10.1. The quantitative estimate of drug-likeness (QED) is 0.283. The highest BCUT2D eigenvalue weighted by Gasteiger charge is 2.28. The van der Waals surface area contributed by atoms with Crippen LogP contribution in [0.15, 0.2) is 66.9 Å². The Hall–Kier alpha value is -4.29. The zero-order chi connectivity index (χ0) is 27.4. The minimum atomic E-state index is -3.32. The molecule has 0 fully saturated rings. The predicted molar refractivity (Wildman–Crippen MR) is 132 cm³/mol. The zero-order valence-electron chi connectivity index (χ0n) is 19.4. The Morgan fingerprint density at radius 2 is 1.74 bits per heavy atom. The van der Waals surface area contributed by atoms with Gasteiger partial charge in [0.1, 0.15) is 23.1 Å². The van der Waals surface area contributed by atoms with Crippen molar-refractivity contribution in [2.75, 3.05) is 18.4 Å². The molecule has 4 N–H and O–H groups in total. The molecule has 8 nitrogen and oxygen atoms in total. The lowest BCUT2D eigenvalue weighted by molar-refractivity contribution is 0.0118. The molecule has 196 valence electrons. The number of para-hydroxylation sites is 1. The van der Waals surface area contributed by atoms with Crippen molar-refractivity contribution >= 4 is 29.2 Å². The summed E-state index contributed by atoms with van der Waals surface area (Å²) < 4.78 is 57.0. The van der Waals surface area contributed by atoms with Crippen LogP contribution < -0.4 is 16.4 Å². The van der Waals surface area contributed by atoms with Crippen molar-refractivity contribution in [3.8, 4) is 16.9 Å². The molecule has 2 heterocycles. The minimum Gasteiger partial charge on any atom is -0.345 e. The highest BCUT2D eigenvalue weighted by atomic mass is 35.5. The van der Waals surface area contributed by atoms with E-state index in [1.807, 2.05) is 0 Å². The first-order valence-corrected chi connectivity index (χ1v) is 11.4. The number of hydrogen-bond donors (Lipinski definition) is 3. The number of amides is 2. The van der Waals surface area contributed by atoms with Gasteiger partial charge in [-0.05, 0) is 36.4 Å². The molecule has 0 unspecified atom stereocenters. The third kappa shape index (κ3) is 5.82. The standard InChI is InChI=1S/C25H19ClF4N6O2/c26-17-10-19(28)16(22-18(27)7-4-8-32-22)9-15(17)23(37)34-21-11-20(24(38)33-13-25(29,30)12-31)35-36(21)14-5-2-1-3-6-14/h1-11H,12-13,31H2,(H,33,38)(H,34,37). The fraction of sp³-hybridized carbons (Fsp3) is 0.120. The molecule has 0 aliphatic carbocycles. The summed E-state index contributed by atoms with van der Waals surface area (Å²) in [6, 6.07) is 13.8. The summed E-state index contributed by atoms with van der Waals surface area (Å²) >= 11 is 6.12. The molecule has 2 aromatic carbocycles. The summed E-state index contributed by atoms with van der Waals surface area (Å²) in [5.74, 6) is -6.83. The largest absolute Gasteiger partial charge is 0.345 e. The maximum absolute atomic E-state index is 14.6. The Labute approximate surface area is 218 Å². The Bertz CT molecular complexity index is 1500. The second-order valence-corrected chi connectivity index (χ2v) is 8.41. The van der Waals surface area contributed by atoms with Gasteiger partial charge in [0.15, 0.2) is 5.69 Å². The molecule has 4 rings (SSSR count). The molecule has 0 atom stereocenters. The first-order chi connectivity index (χ1) is 18.1. The number of anilines is 1. The van der Waals surface area contributed by atoms with Crippen molar-refractivity contribution in [3.05, 3.63) is 94.8 Å². The average Bonchev–Trinajstić information content (AvgIpc) is 3.32. The Kier molecular flexibility index (Phi) is 7.74. The van der Waals surface area contributed by atoms with E-state index in [2.05, 4.69) is 20.7 Å². The molecule has 0 spiro atoms. The lowest BCUT2D eigenvalue weighted by Gasteiger charge is -2.13. The lowest BCUT2D eigenvalue weighted by Crippen LogP contribution is -2.41. The van der Waals surface area contributed by atoms with Gasteiger partial charge in [0.2, 0.25) is 0 Å². The zero-order valence-corrected chi connectivity index (χ0v) is 20.1. The van der Waals surface area contributed by atoms with Crippen molar-refractivity contribution in [1.29, 1.82) is 0 Å². The molecule has 0 saturated heterocycles. The summed E-state index contributed by atoms with van der Waals surface area (Å²) in [5, 5.41) is 8.44. The number of benzene rings is 2. The van der Waals surface area contributed by atoms with Crippen LogP contribution in [0.4, 0.5) is 23.4 Å². The summed E-state index contributed by atoms with van der Waals surface area (Å²) in [7, 11) is 0. The van der Waals surface area contributed by atoms with Crippen molar-refractivity contribution in [3.63, 3.8) is 0 Å². The van der Waals surface area contributed by atoms with Gasteiger partial charge in [-0.3, -0.25) is 14.6 Å². The van der Waals surface area contributed by atoms with Gasteiger partial charge in [-0.1, -0.05) is 29.8 Å². The van der Waals surface area contributed by atoms with E-state index in [-0.39, 0.29) is 33.4 Å². The molecule has 4 aromatic rings. The summed E-state index contributed by atoms with van der Waals surface area (Å²) in [6.07, 6.45) is 1.26. The number of halogens is 5. The summed E-state index contributed by atoms with van der Waals surface area (Å²) in [6.45, 7) is -1.98. The number of carbonyl (C=O) groups is 2. The normalized spacial score (nSPS) is 11.3. The van der Waals surface area contributed by atoms with E-state index in [1.165, 1.54) is 16.9 Å². The fourth-order valence-electron chi connectivity index (χ4n) is 3.39. The molecule has 0 saturated carbocycles. The number of carbonyl (C=O) groups excluding carboxylic acids is 2. The van der Waals surface area contributed by atoms with E-state index in [1.54, 1.807) is 30.3 Å². The van der Waals surface area contributed by atoms with Crippen molar-refractivity contribution in [2.24, 2.45) is 5.73 Å². The first kappa shape index (κ1) is 26.8. The second-order valence-electron chi connectivity index (χ2n) is 8.00. The van der Waals surface area contributed by atoms with Gasteiger partial charge in [0.05, 0.1) is 29.4 Å². The summed E-state index contributed by atoms with van der Waals surface area (Å²) in [5.41, 5.74) is 4.31. The molecule has 0 aliphatic heterocycles. The van der Waals surface area contributed by atoms with E-state index in [0.29, 0.717) is 5.69 Å². The van der Waals surface area contributed by atoms with E-state index in [0.717, 1.165) is 24.3 Å². The first-order valence-electron chi connectivity index (χ1n) is 11.0. The fourth-order valence-corrected chi connectivity index (χ4v) is 3.63. The molecule has 38 heavy (non-hydrogen) atoms. The van der Waals surface area contributed by atoms with Crippen LogP contribution in [0.1, 0.15) is 20.8 Å². The molecular formula is C25H19ClF4N6O2. The topological polar surface area (TPSA) is 115 Å². The van der Waals surface area contributed by atoms with E-state index in [9.17, 15) is 27.2 Å². The Morgan fingerprint density at radius 1 is 1.00 bits per heavy atom. The molecule has 0 aliphatic rings. The van der Waals surface area contributed by atoms with Gasteiger partial charge in [0.25, 0.3) is 17.7 Å². The van der Waals surface area contributed by atoms with Gasteiger partial charge in [-0.2, -0.15) is 5.10 Å². The summed E-state index contributed by atoms with van der Waals surface area (Å²) in [4.78, 5) is 29.5. The smallest absolute Gasteiger partial charge is 0.277 e. The number of nitrogens with one attached hydrogen (secondary N) is 2. The number of nitrogens with two attached hydrogens (primary N) is 1. The monoisotopic (exact) mass is 546 g/mol. The number of pyridine rings is 1. The minimum absolute atomic E-state index is 0.0251. The number of nitrogens with zero attached hydrogens (tertiary/aromatic N) is 3. The molecule has 13 heteroatoms. The highest BCUT2D eigenvalue weighted by Crippen LogP contribution is 2.30. The van der Waals surface area contributed by atoms with Gasteiger partial charge in [-0.25, -0.2) is 22.2 Å². The maximum atomic E-state index is 14.6. The average molecular weight is 547 g/mol. The van der Waals surface area contributed by atoms with Crippen molar-refractivity contribution < 1.29 is 27.2 Å². The van der Waals surface area contributed by atoms with Crippen molar-refractivity contribution in [1.82, 2.24) is 20.1 Å². The maximum Gasteiger partial charge on any atom is 0.277 e. The van der Waals surface area contributed by atoms with Crippen LogP contribution in [0.25, 0.3) is 16.9 Å². The van der Waals surface area contributed by atoms with Gasteiger partial charge in [-0.15, -0.1) is 0 Å². The predicted octanol–water partition coefficient (Wildman–Crippen LogP) is 4.44. The molecule has 2 amide bonds. The molecule has 0 bridgehead atoms. The SMILES string of the molecule is NCC(F)(F)CNC(=O)c1cc(NC(=O)c2cc(-c3ncccc3F)c(F)cc2Cl)n(-c2ccccc2)n1. The third-order valence-electron chi connectivity index (χ3n) is 5.31. The van der Waals surface area contributed by atoms with Crippen LogP contribution in [0.5, 0.6) is 0 Å². The van der Waals surface area contributed by atoms with Gasteiger partial charge in [0, 0.05) is 17.8 Å². The third-order valence-corrected chi connectivity index (χ3v) is 5.62. The van der Waals surface area contributed by atoms with E-state index < -0.39 is 42.5 Å². The van der Waals surface area contributed by atoms with Crippen LogP contribution in [-0.2, 0) is 0 Å². The molecule has 0 radical (unpaired) electrons. The van der Waals surface area contributed by atoms with Crippen LogP contribution >= 0.6 is 11.6 Å². The Balaban J connectivity index is 1.69. The van der Waals surface area contributed by atoms with Gasteiger partial charge >= 0.3 is 0 Å². The van der Waals surface area contributed by atoms with Crippen LogP contribution in [0, 0.1) is 11.6 Å². The van der Waals surface area contributed by atoms with Crippen LogP contribution in [-0.4, -0.2) is 45.6 Å². The number of alkyl halides is 2. The van der Waals surface area contributed by atoms with E-state index in [4.69, 9.17) is 17.3 Å². The Morgan fingerprint density at radius 3 is 2.42 bits per heavy atom.